The molecule has 1 aliphatic heterocycles. The van der Waals surface area contributed by atoms with Crippen LogP contribution in [0.1, 0.15) is 23.9 Å². The van der Waals surface area contributed by atoms with E-state index in [-0.39, 0.29) is 0 Å². The second-order valence-electron chi connectivity index (χ2n) is 5.75. The molecule has 4 rings (SSSR count). The number of nitrogens with one attached hydrogen (secondary N) is 1. The molecule has 0 radical (unpaired) electrons. The van der Waals surface area contributed by atoms with Crippen molar-refractivity contribution in [2.75, 3.05) is 11.9 Å². The van der Waals surface area contributed by atoms with Crippen LogP contribution in [0.5, 0.6) is 0 Å². The average molecular weight is 277 g/mol. The maximum atomic E-state index is 4.70. The first-order valence-corrected chi connectivity index (χ1v) is 7.58. The zero-order valence-corrected chi connectivity index (χ0v) is 12.2. The molecule has 1 N–H and O–H groups in total. The van der Waals surface area contributed by atoms with Crippen molar-refractivity contribution >= 4 is 16.7 Å². The molecule has 0 saturated heterocycles. The maximum Gasteiger partial charge on any atom is 0.107 e. The van der Waals surface area contributed by atoms with Crippen LogP contribution in [0.4, 0.5) is 5.69 Å². The Bertz CT molecular complexity index is 761. The minimum atomic E-state index is 0.449. The third kappa shape index (κ3) is 2.09. The summed E-state index contributed by atoms with van der Waals surface area (Å²) in [5.41, 5.74) is 5.04. The minimum Gasteiger partial charge on any atom is -0.383 e. The quantitative estimate of drug-likeness (QED) is 0.730. The van der Waals surface area contributed by atoms with Crippen LogP contribution in [0, 0.1) is 6.92 Å². The lowest BCUT2D eigenvalue weighted by molar-refractivity contribution is 0.496. The van der Waals surface area contributed by atoms with Gasteiger partial charge in [-0.05, 0) is 43.5 Å². The van der Waals surface area contributed by atoms with Crippen molar-refractivity contribution in [3.63, 3.8) is 0 Å². The molecule has 0 aliphatic carbocycles. The largest absolute Gasteiger partial charge is 0.383 e. The Morgan fingerprint density at radius 1 is 1.10 bits per heavy atom. The molecule has 0 spiro atoms. The fraction of sp³-hybridized carbons (Fsp3) is 0.278. The molecule has 0 amide bonds. The number of hydrogen-bond acceptors (Lipinski definition) is 2. The van der Waals surface area contributed by atoms with E-state index >= 15 is 0 Å². The van der Waals surface area contributed by atoms with E-state index in [1.807, 2.05) is 0 Å². The monoisotopic (exact) mass is 277 g/mol. The highest BCUT2D eigenvalue weighted by Gasteiger charge is 2.20. The molecule has 1 unspecified atom stereocenters. The van der Waals surface area contributed by atoms with Gasteiger partial charge in [-0.15, -0.1) is 0 Å². The lowest BCUT2D eigenvalue weighted by atomic mass is 10.1. The van der Waals surface area contributed by atoms with Gasteiger partial charge in [0.1, 0.15) is 5.82 Å². The third-order valence-electron chi connectivity index (χ3n) is 4.43. The van der Waals surface area contributed by atoms with Crippen molar-refractivity contribution in [2.45, 2.75) is 25.8 Å². The van der Waals surface area contributed by atoms with Gasteiger partial charge in [0.2, 0.25) is 0 Å². The van der Waals surface area contributed by atoms with Crippen molar-refractivity contribution in [1.82, 2.24) is 9.55 Å². The normalized spacial score (nSPS) is 18.0. The van der Waals surface area contributed by atoms with Crippen molar-refractivity contribution in [1.29, 1.82) is 0 Å². The Labute approximate surface area is 124 Å². The highest BCUT2D eigenvalue weighted by molar-refractivity contribution is 5.76. The van der Waals surface area contributed by atoms with E-state index in [4.69, 9.17) is 4.98 Å². The summed E-state index contributed by atoms with van der Waals surface area (Å²) in [7, 11) is 0. The zero-order valence-electron chi connectivity index (χ0n) is 12.2. The molecule has 3 heteroatoms. The standard InChI is InChI=1S/C18H19N3/c1-13-20-17-8-4-5-9-18(17)21(13)15-11-10-14-6-2-3-7-16(14)19-12-15/h2-9,15,19H,10-12H2,1H3. The molecule has 0 saturated carbocycles. The lowest BCUT2D eigenvalue weighted by Crippen LogP contribution is -2.18. The zero-order chi connectivity index (χ0) is 14.2. The number of anilines is 1. The van der Waals surface area contributed by atoms with Crippen LogP contribution in [0.15, 0.2) is 48.5 Å². The molecule has 1 atom stereocenters. The van der Waals surface area contributed by atoms with Crippen molar-refractivity contribution in [3.8, 4) is 0 Å². The number of imidazole rings is 1. The van der Waals surface area contributed by atoms with E-state index in [1.165, 1.54) is 16.8 Å². The van der Waals surface area contributed by atoms with Crippen molar-refractivity contribution < 1.29 is 0 Å². The smallest absolute Gasteiger partial charge is 0.107 e. The maximum absolute atomic E-state index is 4.70. The van der Waals surface area contributed by atoms with Crippen molar-refractivity contribution in [3.05, 3.63) is 59.9 Å². The second kappa shape index (κ2) is 4.92. The highest BCUT2D eigenvalue weighted by atomic mass is 15.1. The minimum absolute atomic E-state index is 0.449. The Morgan fingerprint density at radius 2 is 1.90 bits per heavy atom. The van der Waals surface area contributed by atoms with E-state index in [0.717, 1.165) is 30.7 Å². The number of nitrogens with zero attached hydrogens (tertiary/aromatic N) is 2. The summed E-state index contributed by atoms with van der Waals surface area (Å²) >= 11 is 0. The number of fused-ring (bicyclic) bond motifs is 2. The fourth-order valence-corrected chi connectivity index (χ4v) is 3.41. The van der Waals surface area contributed by atoms with E-state index in [2.05, 4.69) is 65.3 Å². The highest BCUT2D eigenvalue weighted by Crippen LogP contribution is 2.29. The summed E-state index contributed by atoms with van der Waals surface area (Å²) in [6.07, 6.45) is 2.25. The predicted molar refractivity (Wildman–Crippen MR) is 86.8 cm³/mol. The number of hydrogen-bond donors (Lipinski definition) is 1. The van der Waals surface area contributed by atoms with Crippen LogP contribution >= 0.6 is 0 Å². The second-order valence-corrected chi connectivity index (χ2v) is 5.75. The molecule has 21 heavy (non-hydrogen) atoms. The summed E-state index contributed by atoms with van der Waals surface area (Å²) < 4.78 is 2.40. The van der Waals surface area contributed by atoms with Gasteiger partial charge in [0, 0.05) is 12.2 Å². The molecule has 3 nitrogen and oxygen atoms in total. The summed E-state index contributed by atoms with van der Waals surface area (Å²) in [6.45, 7) is 3.07. The van der Waals surface area contributed by atoms with E-state index < -0.39 is 0 Å². The van der Waals surface area contributed by atoms with Crippen LogP contribution in [-0.2, 0) is 6.42 Å². The van der Waals surface area contributed by atoms with Crippen LogP contribution in [-0.4, -0.2) is 16.1 Å². The van der Waals surface area contributed by atoms with Crippen LogP contribution in [0.3, 0.4) is 0 Å². The Morgan fingerprint density at radius 3 is 2.86 bits per heavy atom. The van der Waals surface area contributed by atoms with Crippen LogP contribution in [0.25, 0.3) is 11.0 Å². The van der Waals surface area contributed by atoms with Crippen LogP contribution in [0.2, 0.25) is 0 Å². The Balaban J connectivity index is 1.72. The number of aryl methyl sites for hydroxylation is 2. The van der Waals surface area contributed by atoms with Crippen molar-refractivity contribution in [2.24, 2.45) is 0 Å². The van der Waals surface area contributed by atoms with Gasteiger partial charge >= 0.3 is 0 Å². The van der Waals surface area contributed by atoms with Crippen LogP contribution < -0.4 is 5.32 Å². The molecule has 2 heterocycles. The summed E-state index contributed by atoms with van der Waals surface area (Å²) in [5.74, 6) is 1.11. The molecule has 1 aromatic heterocycles. The molecule has 1 aliphatic rings. The Hall–Kier alpha value is -2.29. The van der Waals surface area contributed by atoms with Gasteiger partial charge in [-0.2, -0.15) is 0 Å². The first-order valence-electron chi connectivity index (χ1n) is 7.58. The van der Waals surface area contributed by atoms with Gasteiger partial charge in [-0.3, -0.25) is 0 Å². The van der Waals surface area contributed by atoms with Gasteiger partial charge in [0.25, 0.3) is 0 Å². The first kappa shape index (κ1) is 12.5. The van der Waals surface area contributed by atoms with Gasteiger partial charge < -0.3 is 9.88 Å². The number of aromatic nitrogens is 2. The number of para-hydroxylation sites is 3. The summed E-state index contributed by atoms with van der Waals surface area (Å²) in [5, 5.41) is 3.61. The van der Waals surface area contributed by atoms with Gasteiger partial charge in [0.05, 0.1) is 17.1 Å². The van der Waals surface area contributed by atoms with Gasteiger partial charge in [-0.25, -0.2) is 4.98 Å². The number of rotatable bonds is 1. The number of benzene rings is 2. The summed E-state index contributed by atoms with van der Waals surface area (Å²) in [4.78, 5) is 4.70. The summed E-state index contributed by atoms with van der Waals surface area (Å²) in [6, 6.07) is 17.5. The van der Waals surface area contributed by atoms with E-state index in [1.54, 1.807) is 0 Å². The SMILES string of the molecule is Cc1nc2ccccc2n1C1CCc2ccccc2NC1. The third-order valence-corrected chi connectivity index (χ3v) is 4.43. The molecule has 2 aromatic carbocycles. The predicted octanol–water partition coefficient (Wildman–Crippen LogP) is 3.94. The van der Waals surface area contributed by atoms with Gasteiger partial charge in [-0.1, -0.05) is 30.3 Å². The lowest BCUT2D eigenvalue weighted by Gasteiger charge is -2.19. The molecule has 0 bridgehead atoms. The first-order chi connectivity index (χ1) is 10.3. The van der Waals surface area contributed by atoms with E-state index in [0.29, 0.717) is 6.04 Å². The average Bonchev–Trinajstić information content (AvgIpc) is 2.70. The fourth-order valence-electron chi connectivity index (χ4n) is 3.41. The molecule has 0 fully saturated rings. The molecule has 106 valence electrons. The molecular weight excluding hydrogens is 258 g/mol. The Kier molecular flexibility index (Phi) is 2.92. The van der Waals surface area contributed by atoms with E-state index in [9.17, 15) is 0 Å². The molecular formula is C18H19N3. The topological polar surface area (TPSA) is 29.9 Å². The van der Waals surface area contributed by atoms with Gasteiger partial charge in [0.15, 0.2) is 0 Å². The molecule has 3 aromatic rings.